The summed E-state index contributed by atoms with van der Waals surface area (Å²) in [4.78, 5) is 3.60. The third kappa shape index (κ3) is 3.15. The largest absolute Gasteiger partial charge is 0.434 e. The van der Waals surface area contributed by atoms with Gasteiger partial charge in [-0.15, -0.1) is 11.3 Å². The van der Waals surface area contributed by atoms with Crippen molar-refractivity contribution in [2.24, 2.45) is 5.73 Å². The molecule has 0 radical (unpaired) electrons. The maximum absolute atomic E-state index is 12.4. The maximum Gasteiger partial charge on any atom is 0.434 e. The van der Waals surface area contributed by atoms with Crippen LogP contribution in [0.2, 0.25) is 0 Å². The molecule has 0 spiro atoms. The fraction of sp³-hybridized carbons (Fsp3) is 0.625. The van der Waals surface area contributed by atoms with Crippen LogP contribution >= 0.6 is 11.3 Å². The normalized spacial score (nSPS) is 12.1. The van der Waals surface area contributed by atoms with E-state index >= 15 is 0 Å². The highest BCUT2D eigenvalue weighted by Gasteiger charge is 2.36. The molecule has 1 rings (SSSR count). The second-order valence-electron chi connectivity index (χ2n) is 2.82. The van der Waals surface area contributed by atoms with Crippen LogP contribution in [0.15, 0.2) is 0 Å². The molecular formula is C8H11F3N2OS. The summed E-state index contributed by atoms with van der Waals surface area (Å²) in [7, 11) is 1.49. The van der Waals surface area contributed by atoms with E-state index in [1.165, 1.54) is 7.11 Å². The van der Waals surface area contributed by atoms with E-state index in [1.807, 2.05) is 0 Å². The highest BCUT2D eigenvalue weighted by atomic mass is 32.1. The summed E-state index contributed by atoms with van der Waals surface area (Å²) in [5.41, 5.74) is 4.37. The van der Waals surface area contributed by atoms with Gasteiger partial charge in [0.2, 0.25) is 0 Å². The number of methoxy groups -OCH3 is 1. The molecule has 86 valence electrons. The number of halogens is 3. The smallest absolute Gasteiger partial charge is 0.384 e. The van der Waals surface area contributed by atoms with Gasteiger partial charge in [-0.25, -0.2) is 4.98 Å². The van der Waals surface area contributed by atoms with Crippen molar-refractivity contribution >= 4 is 11.3 Å². The van der Waals surface area contributed by atoms with Gasteiger partial charge in [0.05, 0.1) is 16.5 Å². The third-order valence-corrected chi connectivity index (χ3v) is 2.85. The third-order valence-electron chi connectivity index (χ3n) is 1.72. The van der Waals surface area contributed by atoms with Gasteiger partial charge in [-0.2, -0.15) is 13.2 Å². The van der Waals surface area contributed by atoms with Crippen molar-refractivity contribution in [3.8, 4) is 0 Å². The SMILES string of the molecule is COCCc1nc(C(F)(F)F)c(CN)s1. The summed E-state index contributed by atoms with van der Waals surface area (Å²) >= 11 is 0.990. The van der Waals surface area contributed by atoms with Gasteiger partial charge in [-0.05, 0) is 0 Å². The maximum atomic E-state index is 12.4. The van der Waals surface area contributed by atoms with Crippen LogP contribution in [0, 0.1) is 0 Å². The molecule has 0 aliphatic rings. The standard InChI is InChI=1S/C8H11F3N2OS/c1-14-3-2-6-13-7(8(9,10)11)5(4-12)15-6/h2-4,12H2,1H3. The summed E-state index contributed by atoms with van der Waals surface area (Å²) in [6.07, 6.45) is -4.04. The van der Waals surface area contributed by atoms with Crippen molar-refractivity contribution in [1.29, 1.82) is 0 Å². The van der Waals surface area contributed by atoms with Crippen molar-refractivity contribution in [3.63, 3.8) is 0 Å². The van der Waals surface area contributed by atoms with Gasteiger partial charge in [-0.3, -0.25) is 0 Å². The predicted octanol–water partition coefficient (Wildman–Crippen LogP) is 1.81. The Bertz CT molecular complexity index is 324. The van der Waals surface area contributed by atoms with Crippen molar-refractivity contribution < 1.29 is 17.9 Å². The van der Waals surface area contributed by atoms with E-state index in [4.69, 9.17) is 10.5 Å². The van der Waals surface area contributed by atoms with Gasteiger partial charge in [0.15, 0.2) is 5.69 Å². The molecule has 0 aliphatic heterocycles. The van der Waals surface area contributed by atoms with E-state index < -0.39 is 11.9 Å². The van der Waals surface area contributed by atoms with Crippen LogP contribution in [0.5, 0.6) is 0 Å². The van der Waals surface area contributed by atoms with Gasteiger partial charge in [0, 0.05) is 20.1 Å². The molecule has 0 amide bonds. The quantitative estimate of drug-likeness (QED) is 0.873. The molecule has 0 bridgehead atoms. The van der Waals surface area contributed by atoms with Crippen LogP contribution in [-0.4, -0.2) is 18.7 Å². The Morgan fingerprint density at radius 3 is 2.53 bits per heavy atom. The molecule has 0 saturated heterocycles. The molecule has 15 heavy (non-hydrogen) atoms. The lowest BCUT2D eigenvalue weighted by atomic mass is 10.3. The number of nitrogens with zero attached hydrogens (tertiary/aromatic N) is 1. The zero-order valence-corrected chi connectivity index (χ0v) is 8.91. The first-order valence-corrected chi connectivity index (χ1v) is 5.05. The Hall–Kier alpha value is -0.660. The molecular weight excluding hydrogens is 229 g/mol. The number of aromatic nitrogens is 1. The monoisotopic (exact) mass is 240 g/mol. The molecule has 0 aliphatic carbocycles. The van der Waals surface area contributed by atoms with Gasteiger partial charge in [0.25, 0.3) is 0 Å². The number of hydrogen-bond acceptors (Lipinski definition) is 4. The molecule has 1 aromatic heterocycles. The lowest BCUT2D eigenvalue weighted by Crippen LogP contribution is -2.10. The lowest BCUT2D eigenvalue weighted by molar-refractivity contribution is -0.141. The van der Waals surface area contributed by atoms with E-state index in [0.29, 0.717) is 18.0 Å². The number of thiazole rings is 1. The minimum atomic E-state index is -4.42. The highest BCUT2D eigenvalue weighted by molar-refractivity contribution is 7.11. The summed E-state index contributed by atoms with van der Waals surface area (Å²) in [5, 5.41) is 0.407. The molecule has 7 heteroatoms. The van der Waals surface area contributed by atoms with E-state index in [9.17, 15) is 13.2 Å². The summed E-state index contributed by atoms with van der Waals surface area (Å²) < 4.78 is 42.1. The minimum absolute atomic E-state index is 0.0774. The van der Waals surface area contributed by atoms with Crippen LogP contribution in [0.3, 0.4) is 0 Å². The Morgan fingerprint density at radius 1 is 1.47 bits per heavy atom. The summed E-state index contributed by atoms with van der Waals surface area (Å²) in [5.74, 6) is 0. The molecule has 2 N–H and O–H groups in total. The molecule has 3 nitrogen and oxygen atoms in total. The fourth-order valence-corrected chi connectivity index (χ4v) is 2.00. The van der Waals surface area contributed by atoms with Crippen LogP contribution in [0.25, 0.3) is 0 Å². The summed E-state index contributed by atoms with van der Waals surface area (Å²) in [6.45, 7) is 0.217. The molecule has 1 heterocycles. The van der Waals surface area contributed by atoms with E-state index in [2.05, 4.69) is 4.98 Å². The van der Waals surface area contributed by atoms with E-state index in [1.54, 1.807) is 0 Å². The zero-order chi connectivity index (χ0) is 11.5. The zero-order valence-electron chi connectivity index (χ0n) is 8.10. The van der Waals surface area contributed by atoms with Gasteiger partial charge in [-0.1, -0.05) is 0 Å². The molecule has 0 aromatic carbocycles. The first kappa shape index (κ1) is 12.4. The fourth-order valence-electron chi connectivity index (χ4n) is 1.06. The second-order valence-corrected chi connectivity index (χ2v) is 3.99. The highest BCUT2D eigenvalue weighted by Crippen LogP contribution is 2.34. The Morgan fingerprint density at radius 2 is 2.13 bits per heavy atom. The van der Waals surface area contributed by atoms with Crippen molar-refractivity contribution in [1.82, 2.24) is 4.98 Å². The Labute approximate surface area is 89.1 Å². The number of alkyl halides is 3. The first-order valence-electron chi connectivity index (χ1n) is 4.23. The van der Waals surface area contributed by atoms with E-state index in [0.717, 1.165) is 11.3 Å². The predicted molar refractivity (Wildman–Crippen MR) is 50.6 cm³/mol. The molecule has 0 fully saturated rings. The Balaban J connectivity index is 2.90. The molecule has 0 saturated carbocycles. The number of rotatable bonds is 4. The van der Waals surface area contributed by atoms with Crippen LogP contribution < -0.4 is 5.73 Å². The van der Waals surface area contributed by atoms with Crippen molar-refractivity contribution in [2.75, 3.05) is 13.7 Å². The van der Waals surface area contributed by atoms with Crippen LogP contribution in [0.4, 0.5) is 13.2 Å². The number of ether oxygens (including phenoxy) is 1. The van der Waals surface area contributed by atoms with Crippen molar-refractivity contribution in [2.45, 2.75) is 19.1 Å². The average molecular weight is 240 g/mol. The van der Waals surface area contributed by atoms with Crippen LogP contribution in [-0.2, 0) is 23.9 Å². The minimum Gasteiger partial charge on any atom is -0.384 e. The van der Waals surface area contributed by atoms with Gasteiger partial charge < -0.3 is 10.5 Å². The van der Waals surface area contributed by atoms with E-state index in [-0.39, 0.29) is 11.4 Å². The summed E-state index contributed by atoms with van der Waals surface area (Å²) in [6, 6.07) is 0. The molecule has 0 atom stereocenters. The first-order chi connectivity index (χ1) is 6.99. The number of nitrogens with two attached hydrogens (primary N) is 1. The van der Waals surface area contributed by atoms with Gasteiger partial charge >= 0.3 is 6.18 Å². The lowest BCUT2D eigenvalue weighted by Gasteiger charge is -2.03. The molecule has 0 unspecified atom stereocenters. The Kier molecular flexibility index (Phi) is 4.06. The van der Waals surface area contributed by atoms with Gasteiger partial charge in [0.1, 0.15) is 0 Å². The van der Waals surface area contributed by atoms with Crippen molar-refractivity contribution in [3.05, 3.63) is 15.6 Å². The molecule has 1 aromatic rings. The topological polar surface area (TPSA) is 48.1 Å². The second kappa shape index (κ2) is 4.91. The average Bonchev–Trinajstić information content (AvgIpc) is 2.57. The van der Waals surface area contributed by atoms with Crippen LogP contribution in [0.1, 0.15) is 15.6 Å². The number of hydrogen-bond donors (Lipinski definition) is 1.